The van der Waals surface area contributed by atoms with Gasteiger partial charge in [-0.15, -0.1) is 0 Å². The minimum absolute atomic E-state index is 0.726. The first-order valence-electron chi connectivity index (χ1n) is 6.26. The quantitative estimate of drug-likeness (QED) is 0.801. The Balaban J connectivity index is 2.72. The standard InChI is InChI=1S/C15H25N/c1-11-7-6-8-12(2)15(11)9-13(3)14(4)10-16-5/h6-8,13-14,16H,9-10H2,1-5H3. The molecule has 1 rings (SSSR count). The fraction of sp³-hybridized carbons (Fsp3) is 0.600. The lowest BCUT2D eigenvalue weighted by Crippen LogP contribution is -2.23. The monoisotopic (exact) mass is 219 g/mol. The summed E-state index contributed by atoms with van der Waals surface area (Å²) in [6.07, 6.45) is 1.20. The molecule has 0 saturated carbocycles. The Morgan fingerprint density at radius 1 is 1.06 bits per heavy atom. The molecule has 1 aromatic carbocycles. The van der Waals surface area contributed by atoms with Crippen LogP contribution in [0.3, 0.4) is 0 Å². The van der Waals surface area contributed by atoms with Crippen LogP contribution in [0, 0.1) is 25.7 Å². The Morgan fingerprint density at radius 3 is 2.12 bits per heavy atom. The molecule has 0 heterocycles. The minimum atomic E-state index is 0.726. The van der Waals surface area contributed by atoms with E-state index in [-0.39, 0.29) is 0 Å². The smallest absolute Gasteiger partial charge is 0.00235 e. The summed E-state index contributed by atoms with van der Waals surface area (Å²) in [7, 11) is 2.03. The van der Waals surface area contributed by atoms with E-state index in [0.717, 1.165) is 18.4 Å². The van der Waals surface area contributed by atoms with E-state index in [2.05, 4.69) is 51.2 Å². The molecular formula is C15H25N. The normalized spacial score (nSPS) is 14.8. The predicted molar refractivity (Wildman–Crippen MR) is 71.9 cm³/mol. The van der Waals surface area contributed by atoms with Gasteiger partial charge in [0.25, 0.3) is 0 Å². The molecule has 90 valence electrons. The van der Waals surface area contributed by atoms with Gasteiger partial charge in [0, 0.05) is 0 Å². The second kappa shape index (κ2) is 6.05. The highest BCUT2D eigenvalue weighted by molar-refractivity contribution is 5.33. The lowest BCUT2D eigenvalue weighted by atomic mass is 9.86. The van der Waals surface area contributed by atoms with Gasteiger partial charge in [-0.1, -0.05) is 32.0 Å². The van der Waals surface area contributed by atoms with Gasteiger partial charge < -0.3 is 5.32 Å². The molecular weight excluding hydrogens is 194 g/mol. The maximum Gasteiger partial charge on any atom is -0.00235 e. The Kier molecular flexibility index (Phi) is 5.01. The molecule has 0 saturated heterocycles. The molecule has 16 heavy (non-hydrogen) atoms. The van der Waals surface area contributed by atoms with E-state index in [4.69, 9.17) is 0 Å². The van der Waals surface area contributed by atoms with Crippen molar-refractivity contribution in [2.24, 2.45) is 11.8 Å². The molecule has 0 aliphatic carbocycles. The van der Waals surface area contributed by atoms with Crippen LogP contribution in [0.2, 0.25) is 0 Å². The van der Waals surface area contributed by atoms with Gasteiger partial charge in [-0.05, 0) is 62.4 Å². The molecule has 1 nitrogen and oxygen atoms in total. The summed E-state index contributed by atoms with van der Waals surface area (Å²) >= 11 is 0. The minimum Gasteiger partial charge on any atom is -0.319 e. The second-order valence-corrected chi connectivity index (χ2v) is 5.09. The first kappa shape index (κ1) is 13.2. The second-order valence-electron chi connectivity index (χ2n) is 5.09. The van der Waals surface area contributed by atoms with Gasteiger partial charge in [-0.3, -0.25) is 0 Å². The van der Waals surface area contributed by atoms with E-state index < -0.39 is 0 Å². The van der Waals surface area contributed by atoms with E-state index in [1.54, 1.807) is 0 Å². The lowest BCUT2D eigenvalue weighted by Gasteiger charge is -2.21. The first-order valence-corrected chi connectivity index (χ1v) is 6.26. The highest BCUT2D eigenvalue weighted by atomic mass is 14.8. The van der Waals surface area contributed by atoms with Gasteiger partial charge in [0.1, 0.15) is 0 Å². The number of benzene rings is 1. The third kappa shape index (κ3) is 3.34. The number of nitrogens with one attached hydrogen (secondary N) is 1. The van der Waals surface area contributed by atoms with E-state index in [1.807, 2.05) is 7.05 Å². The first-order chi connectivity index (χ1) is 7.56. The summed E-state index contributed by atoms with van der Waals surface area (Å²) in [5, 5.41) is 3.26. The molecule has 0 bridgehead atoms. The zero-order valence-corrected chi connectivity index (χ0v) is 11.3. The molecule has 1 aromatic rings. The van der Waals surface area contributed by atoms with Crippen LogP contribution in [0.5, 0.6) is 0 Å². The topological polar surface area (TPSA) is 12.0 Å². The molecule has 0 aliphatic rings. The maximum atomic E-state index is 3.26. The Hall–Kier alpha value is -0.820. The van der Waals surface area contributed by atoms with Crippen LogP contribution < -0.4 is 5.32 Å². The number of rotatable bonds is 5. The Bertz CT molecular complexity index is 310. The number of aryl methyl sites for hydroxylation is 2. The summed E-state index contributed by atoms with van der Waals surface area (Å²) in [4.78, 5) is 0. The zero-order chi connectivity index (χ0) is 12.1. The van der Waals surface area contributed by atoms with Crippen molar-refractivity contribution in [3.05, 3.63) is 34.9 Å². The average Bonchev–Trinajstić information content (AvgIpc) is 2.23. The lowest BCUT2D eigenvalue weighted by molar-refractivity contribution is 0.373. The molecule has 2 atom stereocenters. The summed E-state index contributed by atoms with van der Waals surface area (Å²) in [5.41, 5.74) is 4.41. The van der Waals surface area contributed by atoms with Gasteiger partial charge in [-0.25, -0.2) is 0 Å². The van der Waals surface area contributed by atoms with Gasteiger partial charge in [0.05, 0.1) is 0 Å². The van der Waals surface area contributed by atoms with Gasteiger partial charge in [0.15, 0.2) is 0 Å². The van der Waals surface area contributed by atoms with E-state index in [0.29, 0.717) is 0 Å². The van der Waals surface area contributed by atoms with Crippen LogP contribution in [-0.2, 0) is 6.42 Å². The fourth-order valence-corrected chi connectivity index (χ4v) is 2.22. The molecule has 0 spiro atoms. The van der Waals surface area contributed by atoms with E-state index in [9.17, 15) is 0 Å². The molecule has 1 N–H and O–H groups in total. The zero-order valence-electron chi connectivity index (χ0n) is 11.3. The van der Waals surface area contributed by atoms with Crippen molar-refractivity contribution in [3.8, 4) is 0 Å². The summed E-state index contributed by atoms with van der Waals surface area (Å²) < 4.78 is 0. The molecule has 0 aromatic heterocycles. The van der Waals surface area contributed by atoms with Crippen molar-refractivity contribution in [2.45, 2.75) is 34.1 Å². The third-order valence-electron chi connectivity index (χ3n) is 3.67. The molecule has 0 aliphatic heterocycles. The molecule has 2 unspecified atom stereocenters. The van der Waals surface area contributed by atoms with Crippen molar-refractivity contribution < 1.29 is 0 Å². The molecule has 0 radical (unpaired) electrons. The van der Waals surface area contributed by atoms with Crippen molar-refractivity contribution in [3.63, 3.8) is 0 Å². The predicted octanol–water partition coefficient (Wildman–Crippen LogP) is 3.34. The highest BCUT2D eigenvalue weighted by Gasteiger charge is 2.14. The summed E-state index contributed by atoms with van der Waals surface area (Å²) in [5.74, 6) is 1.45. The van der Waals surface area contributed by atoms with Gasteiger partial charge in [-0.2, -0.15) is 0 Å². The highest BCUT2D eigenvalue weighted by Crippen LogP contribution is 2.21. The van der Waals surface area contributed by atoms with Crippen LogP contribution in [0.4, 0.5) is 0 Å². The summed E-state index contributed by atoms with van der Waals surface area (Å²) in [6.45, 7) is 10.2. The van der Waals surface area contributed by atoms with Crippen LogP contribution in [0.15, 0.2) is 18.2 Å². The van der Waals surface area contributed by atoms with Gasteiger partial charge in [0.2, 0.25) is 0 Å². The van der Waals surface area contributed by atoms with Crippen LogP contribution in [-0.4, -0.2) is 13.6 Å². The summed E-state index contributed by atoms with van der Waals surface area (Å²) in [6, 6.07) is 6.59. The Morgan fingerprint density at radius 2 is 1.62 bits per heavy atom. The molecule has 1 heteroatoms. The van der Waals surface area contributed by atoms with Crippen molar-refractivity contribution in [1.29, 1.82) is 0 Å². The van der Waals surface area contributed by atoms with Crippen LogP contribution in [0.25, 0.3) is 0 Å². The van der Waals surface area contributed by atoms with Crippen LogP contribution in [0.1, 0.15) is 30.5 Å². The SMILES string of the molecule is CNCC(C)C(C)Cc1c(C)cccc1C. The largest absolute Gasteiger partial charge is 0.319 e. The Labute approximate surface area is 100 Å². The number of hydrogen-bond acceptors (Lipinski definition) is 1. The van der Waals surface area contributed by atoms with Crippen molar-refractivity contribution >= 4 is 0 Å². The third-order valence-corrected chi connectivity index (χ3v) is 3.67. The maximum absolute atomic E-state index is 3.26. The van der Waals surface area contributed by atoms with E-state index >= 15 is 0 Å². The van der Waals surface area contributed by atoms with Crippen molar-refractivity contribution in [1.82, 2.24) is 5.32 Å². The number of hydrogen-bond donors (Lipinski definition) is 1. The van der Waals surface area contributed by atoms with Gasteiger partial charge >= 0.3 is 0 Å². The van der Waals surface area contributed by atoms with Crippen LogP contribution >= 0.6 is 0 Å². The molecule has 0 fully saturated rings. The molecule has 0 amide bonds. The van der Waals surface area contributed by atoms with Crippen molar-refractivity contribution in [2.75, 3.05) is 13.6 Å². The fourth-order valence-electron chi connectivity index (χ4n) is 2.22. The average molecular weight is 219 g/mol. The van der Waals surface area contributed by atoms with E-state index in [1.165, 1.54) is 23.1 Å².